The van der Waals surface area contributed by atoms with E-state index in [1.54, 1.807) is 0 Å². The first-order valence-corrected chi connectivity index (χ1v) is 5.70. The minimum atomic E-state index is 0.453. The van der Waals surface area contributed by atoms with E-state index in [2.05, 4.69) is 25.2 Å². The van der Waals surface area contributed by atoms with E-state index < -0.39 is 0 Å². The van der Waals surface area contributed by atoms with Gasteiger partial charge in [-0.3, -0.25) is 0 Å². The van der Waals surface area contributed by atoms with Crippen LogP contribution in [0.4, 0.5) is 5.69 Å². The summed E-state index contributed by atoms with van der Waals surface area (Å²) in [5.41, 5.74) is 8.87. The van der Waals surface area contributed by atoms with Crippen LogP contribution < -0.4 is 11.1 Å². The van der Waals surface area contributed by atoms with Crippen molar-refractivity contribution in [1.29, 1.82) is 0 Å². The Hall–Kier alpha value is -1.09. The molecule has 0 heterocycles. The zero-order valence-electron chi connectivity index (χ0n) is 9.34. The number of benzene rings is 1. The van der Waals surface area contributed by atoms with Crippen molar-refractivity contribution in [3.63, 3.8) is 0 Å². The average Bonchev–Trinajstić information content (AvgIpc) is 2.18. The molecule has 0 fully saturated rings. The monoisotopic (exact) mass is 222 g/mol. The van der Waals surface area contributed by atoms with Crippen molar-refractivity contribution in [2.45, 2.75) is 26.7 Å². The molecule has 2 nitrogen and oxygen atoms in total. The lowest BCUT2D eigenvalue weighted by atomic mass is 10.1. The largest absolute Gasteiger partial charge is 0.389 e. The Balaban J connectivity index is 2.82. The fourth-order valence-corrected chi connectivity index (χ4v) is 1.60. The van der Waals surface area contributed by atoms with Gasteiger partial charge >= 0.3 is 0 Å². The third-order valence-electron chi connectivity index (χ3n) is 2.29. The maximum absolute atomic E-state index is 5.66. The predicted octanol–water partition coefficient (Wildman–Crippen LogP) is 2.84. The Labute approximate surface area is 96.9 Å². The molecule has 0 amide bonds. The van der Waals surface area contributed by atoms with Crippen LogP contribution in [0.2, 0.25) is 0 Å². The number of hydrogen-bond acceptors (Lipinski definition) is 2. The van der Waals surface area contributed by atoms with Gasteiger partial charge in [-0.15, -0.1) is 0 Å². The minimum Gasteiger partial charge on any atom is -0.389 e. The molecule has 0 radical (unpaired) electrons. The first kappa shape index (κ1) is 12.0. The molecule has 1 aromatic carbocycles. The molecule has 1 aromatic rings. The van der Waals surface area contributed by atoms with Gasteiger partial charge < -0.3 is 11.1 Å². The number of hydrogen-bond donors (Lipinski definition) is 2. The lowest BCUT2D eigenvalue weighted by Gasteiger charge is -2.11. The Morgan fingerprint density at radius 1 is 1.47 bits per heavy atom. The number of nitrogens with one attached hydrogen (secondary N) is 1. The topological polar surface area (TPSA) is 38.0 Å². The van der Waals surface area contributed by atoms with Crippen LogP contribution in [0.3, 0.4) is 0 Å². The molecule has 0 aromatic heterocycles. The average molecular weight is 222 g/mol. The molecule has 1 rings (SSSR count). The Kier molecular flexibility index (Phi) is 4.56. The van der Waals surface area contributed by atoms with Crippen molar-refractivity contribution in [3.8, 4) is 0 Å². The van der Waals surface area contributed by atoms with E-state index in [-0.39, 0.29) is 0 Å². The zero-order chi connectivity index (χ0) is 11.3. The molecular weight excluding hydrogens is 204 g/mol. The summed E-state index contributed by atoms with van der Waals surface area (Å²) in [6, 6.07) is 6.09. The molecular formula is C12H18N2S. The highest BCUT2D eigenvalue weighted by Crippen LogP contribution is 2.17. The second kappa shape index (κ2) is 5.71. The summed E-state index contributed by atoms with van der Waals surface area (Å²) in [7, 11) is 0. The van der Waals surface area contributed by atoms with Gasteiger partial charge in [-0.1, -0.05) is 31.6 Å². The van der Waals surface area contributed by atoms with Crippen molar-refractivity contribution >= 4 is 22.9 Å². The Bertz CT molecular complexity index is 347. The Morgan fingerprint density at radius 2 is 2.20 bits per heavy atom. The molecule has 3 heteroatoms. The van der Waals surface area contributed by atoms with Gasteiger partial charge in [0, 0.05) is 17.8 Å². The second-order valence-corrected chi connectivity index (χ2v) is 4.13. The van der Waals surface area contributed by atoms with Gasteiger partial charge in [0.25, 0.3) is 0 Å². The van der Waals surface area contributed by atoms with Crippen LogP contribution in [0.25, 0.3) is 0 Å². The highest BCUT2D eigenvalue weighted by Gasteiger charge is 2.04. The van der Waals surface area contributed by atoms with Crippen molar-refractivity contribution in [2.75, 3.05) is 11.9 Å². The van der Waals surface area contributed by atoms with E-state index >= 15 is 0 Å². The maximum atomic E-state index is 5.66. The van der Waals surface area contributed by atoms with E-state index in [0.29, 0.717) is 4.99 Å². The smallest absolute Gasteiger partial charge is 0.106 e. The summed E-state index contributed by atoms with van der Waals surface area (Å²) < 4.78 is 0. The van der Waals surface area contributed by atoms with E-state index in [0.717, 1.165) is 24.2 Å². The second-order valence-electron chi connectivity index (χ2n) is 3.69. The molecule has 0 spiro atoms. The molecule has 0 aliphatic carbocycles. The van der Waals surface area contributed by atoms with Crippen LogP contribution in [0.15, 0.2) is 18.2 Å². The highest BCUT2D eigenvalue weighted by molar-refractivity contribution is 7.80. The molecule has 15 heavy (non-hydrogen) atoms. The fourth-order valence-electron chi connectivity index (χ4n) is 1.42. The van der Waals surface area contributed by atoms with Crippen LogP contribution in [-0.4, -0.2) is 11.5 Å². The number of unbranched alkanes of at least 4 members (excludes halogenated alkanes) is 1. The van der Waals surface area contributed by atoms with Gasteiger partial charge in [-0.2, -0.15) is 0 Å². The number of aryl methyl sites for hydroxylation is 1. The molecule has 0 atom stereocenters. The first-order valence-electron chi connectivity index (χ1n) is 5.29. The van der Waals surface area contributed by atoms with Gasteiger partial charge in [0.15, 0.2) is 0 Å². The van der Waals surface area contributed by atoms with Crippen molar-refractivity contribution < 1.29 is 0 Å². The molecule has 0 aliphatic heterocycles. The molecule has 82 valence electrons. The zero-order valence-corrected chi connectivity index (χ0v) is 10.2. The lowest BCUT2D eigenvalue weighted by Crippen LogP contribution is -2.13. The predicted molar refractivity (Wildman–Crippen MR) is 70.5 cm³/mol. The lowest BCUT2D eigenvalue weighted by molar-refractivity contribution is 0.834. The van der Waals surface area contributed by atoms with Crippen molar-refractivity contribution in [2.24, 2.45) is 5.73 Å². The fraction of sp³-hybridized carbons (Fsp3) is 0.417. The van der Waals surface area contributed by atoms with E-state index in [1.807, 2.05) is 12.1 Å². The van der Waals surface area contributed by atoms with Gasteiger partial charge in [0.1, 0.15) is 4.99 Å². The molecule has 3 N–H and O–H groups in total. The normalized spacial score (nSPS) is 10.0. The van der Waals surface area contributed by atoms with Gasteiger partial charge in [0.2, 0.25) is 0 Å². The van der Waals surface area contributed by atoms with Gasteiger partial charge in [-0.25, -0.2) is 0 Å². The number of rotatable bonds is 5. The van der Waals surface area contributed by atoms with Gasteiger partial charge in [-0.05, 0) is 31.0 Å². The minimum absolute atomic E-state index is 0.453. The van der Waals surface area contributed by atoms with Crippen LogP contribution in [0.1, 0.15) is 30.9 Å². The molecule has 0 saturated heterocycles. The number of nitrogens with two attached hydrogens (primary N) is 1. The van der Waals surface area contributed by atoms with Crippen molar-refractivity contribution in [1.82, 2.24) is 0 Å². The summed E-state index contributed by atoms with van der Waals surface area (Å²) in [5.74, 6) is 0. The molecule has 0 aliphatic rings. The summed E-state index contributed by atoms with van der Waals surface area (Å²) in [5, 5.41) is 3.37. The first-order chi connectivity index (χ1) is 7.15. The van der Waals surface area contributed by atoms with Crippen LogP contribution in [0, 0.1) is 6.92 Å². The Morgan fingerprint density at radius 3 is 2.80 bits per heavy atom. The molecule has 0 bridgehead atoms. The summed E-state index contributed by atoms with van der Waals surface area (Å²) >= 11 is 5.01. The third-order valence-corrected chi connectivity index (χ3v) is 2.51. The highest BCUT2D eigenvalue weighted by atomic mass is 32.1. The van der Waals surface area contributed by atoms with Crippen LogP contribution in [0.5, 0.6) is 0 Å². The number of thiocarbonyl (C=S) groups is 1. The summed E-state index contributed by atoms with van der Waals surface area (Å²) in [6.07, 6.45) is 2.34. The SMILES string of the molecule is CCCCNc1cc(C)ccc1C(N)=S. The van der Waals surface area contributed by atoms with E-state index in [9.17, 15) is 0 Å². The van der Waals surface area contributed by atoms with Crippen LogP contribution in [-0.2, 0) is 0 Å². The molecule has 0 saturated carbocycles. The van der Waals surface area contributed by atoms with Gasteiger partial charge in [0.05, 0.1) is 0 Å². The summed E-state index contributed by atoms with van der Waals surface area (Å²) in [6.45, 7) is 5.20. The van der Waals surface area contributed by atoms with Crippen LogP contribution >= 0.6 is 12.2 Å². The standard InChI is InChI=1S/C12H18N2S/c1-3-4-7-14-11-8-9(2)5-6-10(11)12(13)15/h5-6,8,14H,3-4,7H2,1-2H3,(H2,13,15). The van der Waals surface area contributed by atoms with Crippen molar-refractivity contribution in [3.05, 3.63) is 29.3 Å². The quantitative estimate of drug-likeness (QED) is 0.594. The van der Waals surface area contributed by atoms with E-state index in [1.165, 1.54) is 12.0 Å². The third kappa shape index (κ3) is 3.51. The summed E-state index contributed by atoms with van der Waals surface area (Å²) in [4.78, 5) is 0.453. The molecule has 0 unspecified atom stereocenters. The number of anilines is 1. The van der Waals surface area contributed by atoms with E-state index in [4.69, 9.17) is 18.0 Å². The maximum Gasteiger partial charge on any atom is 0.106 e.